The molecule has 1 saturated carbocycles. The molecule has 0 radical (unpaired) electrons. The lowest BCUT2D eigenvalue weighted by Gasteiger charge is -2.29. The molecule has 2 aliphatic carbocycles. The van der Waals surface area contributed by atoms with Crippen LogP contribution in [0.25, 0.3) is 0 Å². The van der Waals surface area contributed by atoms with Crippen molar-refractivity contribution in [3.8, 4) is 0 Å². The van der Waals surface area contributed by atoms with Crippen LogP contribution in [-0.4, -0.2) is 30.8 Å². The summed E-state index contributed by atoms with van der Waals surface area (Å²) >= 11 is 0. The van der Waals surface area contributed by atoms with Crippen LogP contribution in [0, 0.1) is 5.92 Å². The quantitative estimate of drug-likeness (QED) is 0.832. The van der Waals surface area contributed by atoms with E-state index in [0.717, 1.165) is 17.5 Å². The predicted molar refractivity (Wildman–Crippen MR) is 74.8 cm³/mol. The zero-order chi connectivity index (χ0) is 14.1. The van der Waals surface area contributed by atoms with Gasteiger partial charge < -0.3 is 0 Å². The Balaban J connectivity index is 1.92. The third-order valence-corrected chi connectivity index (χ3v) is 6.61. The van der Waals surface area contributed by atoms with Gasteiger partial charge in [-0.3, -0.25) is 9.10 Å². The first-order valence-electron chi connectivity index (χ1n) is 6.87. The summed E-state index contributed by atoms with van der Waals surface area (Å²) in [7, 11) is -3.29. The SMILES string of the molecule is CCS(=O)(=O)N1C[C@H]2C[C@@]23C1=CC(=O)c1ccccc13. The second kappa shape index (κ2) is 3.52. The summed E-state index contributed by atoms with van der Waals surface area (Å²) in [4.78, 5) is 12.3. The second-order valence-corrected chi connectivity index (χ2v) is 7.93. The zero-order valence-corrected chi connectivity index (χ0v) is 12.0. The number of sulfonamides is 1. The normalized spacial score (nSPS) is 30.4. The average Bonchev–Trinajstić information content (AvgIpc) is 3.08. The molecular formula is C15H15NO3S. The van der Waals surface area contributed by atoms with Crippen LogP contribution in [-0.2, 0) is 15.4 Å². The van der Waals surface area contributed by atoms with Gasteiger partial charge in [-0.2, -0.15) is 0 Å². The molecule has 1 aromatic rings. The number of ketones is 1. The molecule has 1 heterocycles. The van der Waals surface area contributed by atoms with Gasteiger partial charge in [-0.15, -0.1) is 0 Å². The van der Waals surface area contributed by atoms with Crippen LogP contribution in [0.5, 0.6) is 0 Å². The monoisotopic (exact) mass is 289 g/mol. The van der Waals surface area contributed by atoms with E-state index in [4.69, 9.17) is 0 Å². The number of rotatable bonds is 2. The number of benzene rings is 1. The van der Waals surface area contributed by atoms with Gasteiger partial charge in [0.1, 0.15) is 0 Å². The second-order valence-electron chi connectivity index (χ2n) is 5.74. The molecule has 0 amide bonds. The molecule has 0 bridgehead atoms. The first-order chi connectivity index (χ1) is 9.50. The minimum atomic E-state index is -3.29. The molecule has 1 aromatic carbocycles. The summed E-state index contributed by atoms with van der Waals surface area (Å²) < 4.78 is 25.9. The molecule has 5 heteroatoms. The standard InChI is InChI=1S/C15H15NO3S/c1-2-20(18,19)16-9-10-8-15(10)12-6-4-3-5-11(12)13(17)7-14(15)16/h3-7,10H,2,8-9H2,1H3/t10-,15-/m1/s1. The van der Waals surface area contributed by atoms with Crippen LogP contribution >= 0.6 is 0 Å². The van der Waals surface area contributed by atoms with Crippen molar-refractivity contribution in [2.24, 2.45) is 5.92 Å². The van der Waals surface area contributed by atoms with Crippen molar-refractivity contribution in [3.05, 3.63) is 47.2 Å². The summed E-state index contributed by atoms with van der Waals surface area (Å²) in [6.45, 7) is 2.16. The average molecular weight is 289 g/mol. The lowest BCUT2D eigenvalue weighted by atomic mass is 9.82. The van der Waals surface area contributed by atoms with E-state index in [2.05, 4.69) is 0 Å². The van der Waals surface area contributed by atoms with E-state index in [9.17, 15) is 13.2 Å². The first kappa shape index (κ1) is 12.1. The third-order valence-electron chi connectivity index (χ3n) is 4.86. The predicted octanol–water partition coefficient (Wildman–Crippen LogP) is 1.69. The highest BCUT2D eigenvalue weighted by atomic mass is 32.2. The topological polar surface area (TPSA) is 54.5 Å². The molecular weight excluding hydrogens is 274 g/mol. The smallest absolute Gasteiger partial charge is 0.234 e. The minimum Gasteiger partial charge on any atom is -0.289 e. The summed E-state index contributed by atoms with van der Waals surface area (Å²) in [5.41, 5.74) is 2.23. The molecule has 104 valence electrons. The van der Waals surface area contributed by atoms with Gasteiger partial charge >= 0.3 is 0 Å². The van der Waals surface area contributed by atoms with Crippen molar-refractivity contribution in [3.63, 3.8) is 0 Å². The minimum absolute atomic E-state index is 0.0724. The summed E-state index contributed by atoms with van der Waals surface area (Å²) in [5, 5.41) is 0. The molecule has 2 atom stereocenters. The van der Waals surface area contributed by atoms with Crippen LogP contribution in [0.4, 0.5) is 0 Å². The number of carbonyl (C=O) groups excluding carboxylic acids is 1. The van der Waals surface area contributed by atoms with E-state index < -0.39 is 10.0 Å². The lowest BCUT2D eigenvalue weighted by molar-refractivity contribution is 0.104. The highest BCUT2D eigenvalue weighted by Gasteiger charge is 2.67. The van der Waals surface area contributed by atoms with Gasteiger partial charge in [0, 0.05) is 29.3 Å². The van der Waals surface area contributed by atoms with Crippen molar-refractivity contribution in [2.45, 2.75) is 18.8 Å². The molecule has 0 unspecified atom stereocenters. The summed E-state index contributed by atoms with van der Waals surface area (Å²) in [5.74, 6) is 0.317. The highest BCUT2D eigenvalue weighted by Crippen LogP contribution is 2.67. The zero-order valence-electron chi connectivity index (χ0n) is 11.2. The van der Waals surface area contributed by atoms with Crippen LogP contribution < -0.4 is 0 Å². The maximum Gasteiger partial charge on any atom is 0.234 e. The van der Waals surface area contributed by atoms with E-state index in [1.54, 1.807) is 13.0 Å². The molecule has 0 aromatic heterocycles. The van der Waals surface area contributed by atoms with Gasteiger partial charge in [-0.1, -0.05) is 24.3 Å². The van der Waals surface area contributed by atoms with E-state index in [0.29, 0.717) is 18.2 Å². The Kier molecular flexibility index (Phi) is 2.14. The van der Waals surface area contributed by atoms with Crippen molar-refractivity contribution in [2.75, 3.05) is 12.3 Å². The van der Waals surface area contributed by atoms with Crippen molar-refractivity contribution >= 4 is 15.8 Å². The Morgan fingerprint density at radius 2 is 2.10 bits per heavy atom. The van der Waals surface area contributed by atoms with E-state index in [1.165, 1.54) is 4.31 Å². The Morgan fingerprint density at radius 1 is 1.35 bits per heavy atom. The lowest BCUT2D eigenvalue weighted by Crippen LogP contribution is -2.34. The molecule has 1 aliphatic heterocycles. The highest BCUT2D eigenvalue weighted by molar-refractivity contribution is 7.89. The number of hydrogen-bond acceptors (Lipinski definition) is 3. The molecule has 3 aliphatic rings. The maximum atomic E-state index is 12.3. The number of carbonyl (C=O) groups is 1. The molecule has 4 rings (SSSR count). The van der Waals surface area contributed by atoms with Gasteiger partial charge in [0.05, 0.1) is 5.75 Å². The fourth-order valence-electron chi connectivity index (χ4n) is 3.76. The van der Waals surface area contributed by atoms with Gasteiger partial charge in [-0.05, 0) is 24.8 Å². The van der Waals surface area contributed by atoms with Gasteiger partial charge in [0.25, 0.3) is 0 Å². The van der Waals surface area contributed by atoms with E-state index in [1.807, 2.05) is 24.3 Å². The number of piperidine rings is 1. The van der Waals surface area contributed by atoms with Crippen LogP contribution in [0.2, 0.25) is 0 Å². The summed E-state index contributed by atoms with van der Waals surface area (Å²) in [6.07, 6.45) is 2.50. The van der Waals surface area contributed by atoms with Gasteiger partial charge in [-0.25, -0.2) is 8.42 Å². The Labute approximate surface area is 118 Å². The van der Waals surface area contributed by atoms with Crippen molar-refractivity contribution in [1.29, 1.82) is 0 Å². The van der Waals surface area contributed by atoms with Gasteiger partial charge in [0.2, 0.25) is 10.0 Å². The van der Waals surface area contributed by atoms with Gasteiger partial charge in [0.15, 0.2) is 5.78 Å². The number of fused-ring (bicyclic) bond motifs is 1. The molecule has 0 N–H and O–H groups in total. The maximum absolute atomic E-state index is 12.3. The molecule has 1 saturated heterocycles. The fraction of sp³-hybridized carbons (Fsp3) is 0.400. The van der Waals surface area contributed by atoms with Crippen molar-refractivity contribution < 1.29 is 13.2 Å². The van der Waals surface area contributed by atoms with Crippen LogP contribution in [0.15, 0.2) is 36.0 Å². The Morgan fingerprint density at radius 3 is 2.85 bits per heavy atom. The molecule has 1 spiro atoms. The van der Waals surface area contributed by atoms with E-state index in [-0.39, 0.29) is 17.0 Å². The first-order valence-corrected chi connectivity index (χ1v) is 8.48. The molecule has 2 fully saturated rings. The Bertz CT molecular complexity index is 765. The summed E-state index contributed by atoms with van der Waals surface area (Å²) in [6, 6.07) is 7.60. The van der Waals surface area contributed by atoms with Crippen LogP contribution in [0.3, 0.4) is 0 Å². The van der Waals surface area contributed by atoms with E-state index >= 15 is 0 Å². The molecule has 4 nitrogen and oxygen atoms in total. The number of hydrogen-bond donors (Lipinski definition) is 0. The number of nitrogens with zero attached hydrogens (tertiary/aromatic N) is 1. The number of allylic oxidation sites excluding steroid dienone is 2. The van der Waals surface area contributed by atoms with Crippen LogP contribution in [0.1, 0.15) is 29.3 Å². The Hall–Kier alpha value is -1.62. The fourth-order valence-corrected chi connectivity index (χ4v) is 5.00. The largest absolute Gasteiger partial charge is 0.289 e. The third kappa shape index (κ3) is 1.26. The molecule has 20 heavy (non-hydrogen) atoms. The van der Waals surface area contributed by atoms with Crippen molar-refractivity contribution in [1.82, 2.24) is 4.31 Å².